The van der Waals surface area contributed by atoms with Crippen molar-refractivity contribution in [2.45, 2.75) is 13.3 Å². The molecule has 0 radical (unpaired) electrons. The van der Waals surface area contributed by atoms with Crippen molar-refractivity contribution in [3.05, 3.63) is 88.5 Å². The summed E-state index contributed by atoms with van der Waals surface area (Å²) >= 11 is 0. The Bertz CT molecular complexity index is 1830. The molecule has 7 rings (SSSR count). The summed E-state index contributed by atoms with van der Waals surface area (Å²) in [5.41, 5.74) is 0.717. The Morgan fingerprint density at radius 1 is 1.05 bits per heavy atom. The molecule has 1 saturated heterocycles. The van der Waals surface area contributed by atoms with Crippen LogP contribution in [0.4, 0.5) is 4.39 Å². The van der Waals surface area contributed by atoms with Crippen LogP contribution >= 0.6 is 0 Å². The lowest BCUT2D eigenvalue weighted by molar-refractivity contribution is 0.0302. The number of hydrogen-bond acceptors (Lipinski definition) is 5. The average Bonchev–Trinajstić information content (AvgIpc) is 3.42. The van der Waals surface area contributed by atoms with Crippen LogP contribution in [-0.2, 0) is 11.2 Å². The fraction of sp³-hybridized carbons (Fsp3) is 0.207. The van der Waals surface area contributed by atoms with E-state index in [9.17, 15) is 9.59 Å². The fourth-order valence-electron chi connectivity index (χ4n) is 5.48. The smallest absolute Gasteiger partial charge is 0.259 e. The van der Waals surface area contributed by atoms with Crippen molar-refractivity contribution in [3.63, 3.8) is 0 Å². The molecule has 0 spiro atoms. The molecular formula is C29H23FN4O4. The van der Waals surface area contributed by atoms with E-state index >= 15 is 4.39 Å². The summed E-state index contributed by atoms with van der Waals surface area (Å²) in [5, 5.41) is 1.93. The molecule has 4 heterocycles. The molecule has 2 aliphatic rings. The number of carbonyl (C=O) groups excluding carboxylic acids is 1. The lowest BCUT2D eigenvalue weighted by Gasteiger charge is -2.29. The zero-order valence-corrected chi connectivity index (χ0v) is 20.6. The summed E-state index contributed by atoms with van der Waals surface area (Å²) in [5.74, 6) is 0.324. The standard InChI is InChI=1S/C29H23FN4O4/c1-2-23-31-9-10-33(23)26-21(30)15-19-25-28(26)38-22-8-7-17-5-3-4-6-18(17)24(22)34(25)16-20(27(19)35)29(36)32-11-13-37-14-12-32/h3-10,15-16H,2,11-14H2,1H3. The Hall–Kier alpha value is -4.50. The first kappa shape index (κ1) is 22.7. The molecule has 5 aromatic rings. The summed E-state index contributed by atoms with van der Waals surface area (Å²) in [6.45, 7) is 3.52. The second kappa shape index (κ2) is 8.53. The number of amides is 1. The van der Waals surface area contributed by atoms with Gasteiger partial charge >= 0.3 is 0 Å². The number of morpholine rings is 1. The van der Waals surface area contributed by atoms with Crippen LogP contribution in [0.5, 0.6) is 11.5 Å². The zero-order valence-electron chi connectivity index (χ0n) is 20.6. The third kappa shape index (κ3) is 3.21. The number of benzene rings is 3. The van der Waals surface area contributed by atoms with Gasteiger partial charge in [-0.05, 0) is 17.5 Å². The highest BCUT2D eigenvalue weighted by Crippen LogP contribution is 2.46. The molecule has 0 atom stereocenters. The molecule has 2 aromatic heterocycles. The topological polar surface area (TPSA) is 78.6 Å². The number of nitrogens with zero attached hydrogens (tertiary/aromatic N) is 4. The predicted octanol–water partition coefficient (Wildman–Crippen LogP) is 4.61. The van der Waals surface area contributed by atoms with Crippen molar-refractivity contribution in [2.24, 2.45) is 0 Å². The van der Waals surface area contributed by atoms with Crippen LogP contribution in [0.3, 0.4) is 0 Å². The molecule has 190 valence electrons. The van der Waals surface area contributed by atoms with Gasteiger partial charge in [0.1, 0.15) is 22.6 Å². The third-order valence-electron chi connectivity index (χ3n) is 7.29. The van der Waals surface area contributed by atoms with Crippen LogP contribution in [0.1, 0.15) is 23.1 Å². The van der Waals surface area contributed by atoms with Gasteiger partial charge in [0.2, 0.25) is 5.43 Å². The molecule has 2 aliphatic heterocycles. The molecule has 9 heteroatoms. The number of imidazole rings is 1. The Balaban J connectivity index is 1.60. The minimum atomic E-state index is -0.635. The van der Waals surface area contributed by atoms with Crippen LogP contribution in [0.25, 0.3) is 33.1 Å². The number of aromatic nitrogens is 3. The van der Waals surface area contributed by atoms with E-state index in [4.69, 9.17) is 9.47 Å². The number of pyridine rings is 1. The average molecular weight is 511 g/mol. The molecule has 1 amide bonds. The highest BCUT2D eigenvalue weighted by atomic mass is 19.1. The molecule has 0 saturated carbocycles. The molecule has 38 heavy (non-hydrogen) atoms. The third-order valence-corrected chi connectivity index (χ3v) is 7.29. The monoisotopic (exact) mass is 510 g/mol. The summed E-state index contributed by atoms with van der Waals surface area (Å²) < 4.78 is 31.2. The Labute approximate surface area is 216 Å². The van der Waals surface area contributed by atoms with Crippen LogP contribution < -0.4 is 10.2 Å². The molecule has 3 aromatic carbocycles. The summed E-state index contributed by atoms with van der Waals surface area (Å²) in [6, 6.07) is 12.8. The number of aryl methyl sites for hydroxylation is 1. The fourth-order valence-corrected chi connectivity index (χ4v) is 5.48. The Morgan fingerprint density at radius 3 is 2.68 bits per heavy atom. The first-order chi connectivity index (χ1) is 18.6. The number of hydrogen-bond donors (Lipinski definition) is 0. The van der Waals surface area contributed by atoms with Crippen LogP contribution in [0, 0.1) is 5.82 Å². The Morgan fingerprint density at radius 2 is 1.87 bits per heavy atom. The zero-order chi connectivity index (χ0) is 26.0. The normalized spacial score (nSPS) is 14.5. The molecule has 1 fully saturated rings. The van der Waals surface area contributed by atoms with E-state index < -0.39 is 17.2 Å². The molecule has 8 nitrogen and oxygen atoms in total. The lowest BCUT2D eigenvalue weighted by atomic mass is 10.0. The van der Waals surface area contributed by atoms with Crippen molar-refractivity contribution in [3.8, 4) is 22.9 Å². The van der Waals surface area contributed by atoms with E-state index in [0.29, 0.717) is 55.5 Å². The maximum absolute atomic E-state index is 15.9. The molecule has 0 aliphatic carbocycles. The predicted molar refractivity (Wildman–Crippen MR) is 140 cm³/mol. The molecule has 0 N–H and O–H groups in total. The second-order valence-corrected chi connectivity index (χ2v) is 9.38. The number of halogens is 1. The highest BCUT2D eigenvalue weighted by molar-refractivity contribution is 6.03. The number of fused-ring (bicyclic) bond motifs is 4. The quantitative estimate of drug-likeness (QED) is 0.348. The second-order valence-electron chi connectivity index (χ2n) is 9.38. The highest BCUT2D eigenvalue weighted by Gasteiger charge is 2.31. The maximum Gasteiger partial charge on any atom is 0.259 e. The first-order valence-corrected chi connectivity index (χ1v) is 12.6. The minimum absolute atomic E-state index is 0.0184. The van der Waals surface area contributed by atoms with Gasteiger partial charge < -0.3 is 18.9 Å². The van der Waals surface area contributed by atoms with Gasteiger partial charge in [0.15, 0.2) is 17.3 Å². The summed E-state index contributed by atoms with van der Waals surface area (Å²) in [7, 11) is 0. The molecule has 0 unspecified atom stereocenters. The van der Waals surface area contributed by atoms with Gasteiger partial charge in [-0.3, -0.25) is 14.2 Å². The van der Waals surface area contributed by atoms with Crippen molar-refractivity contribution in [2.75, 3.05) is 26.3 Å². The van der Waals surface area contributed by atoms with E-state index in [1.165, 1.54) is 6.07 Å². The van der Waals surface area contributed by atoms with Gasteiger partial charge in [-0.2, -0.15) is 0 Å². The van der Waals surface area contributed by atoms with E-state index in [1.54, 1.807) is 28.1 Å². The van der Waals surface area contributed by atoms with Gasteiger partial charge in [0.25, 0.3) is 5.91 Å². The Kier molecular flexibility index (Phi) is 5.09. The van der Waals surface area contributed by atoms with Gasteiger partial charge in [-0.25, -0.2) is 9.37 Å². The van der Waals surface area contributed by atoms with E-state index in [0.717, 1.165) is 10.8 Å². The van der Waals surface area contributed by atoms with Crippen LogP contribution in [0.2, 0.25) is 0 Å². The first-order valence-electron chi connectivity index (χ1n) is 12.6. The largest absolute Gasteiger partial charge is 0.451 e. The van der Waals surface area contributed by atoms with Gasteiger partial charge in [0.05, 0.1) is 24.3 Å². The van der Waals surface area contributed by atoms with E-state index in [-0.39, 0.29) is 22.4 Å². The molecular weight excluding hydrogens is 487 g/mol. The summed E-state index contributed by atoms with van der Waals surface area (Å²) in [4.78, 5) is 33.3. The number of carbonyl (C=O) groups is 1. The SMILES string of the molecule is CCc1nccn1-c1c(F)cc2c(=O)c(C(=O)N3CCOCC3)cn3c2c1Oc1ccc2ccccc2c1-3. The van der Waals surface area contributed by atoms with Crippen molar-refractivity contribution >= 4 is 27.6 Å². The van der Waals surface area contributed by atoms with Gasteiger partial charge in [-0.1, -0.05) is 37.3 Å². The van der Waals surface area contributed by atoms with Gasteiger partial charge in [-0.15, -0.1) is 0 Å². The van der Waals surface area contributed by atoms with Crippen LogP contribution in [0.15, 0.2) is 65.8 Å². The van der Waals surface area contributed by atoms with Crippen molar-refractivity contribution < 1.29 is 18.7 Å². The number of ether oxygens (including phenoxy) is 2. The summed E-state index contributed by atoms with van der Waals surface area (Å²) in [6.07, 6.45) is 5.44. The lowest BCUT2D eigenvalue weighted by Crippen LogP contribution is -2.42. The molecule has 0 bridgehead atoms. The maximum atomic E-state index is 15.9. The van der Waals surface area contributed by atoms with Gasteiger partial charge in [0, 0.05) is 43.5 Å². The van der Waals surface area contributed by atoms with E-state index in [1.807, 2.05) is 47.9 Å². The number of rotatable bonds is 3. The van der Waals surface area contributed by atoms with E-state index in [2.05, 4.69) is 4.98 Å². The van der Waals surface area contributed by atoms with Crippen molar-refractivity contribution in [1.29, 1.82) is 0 Å². The van der Waals surface area contributed by atoms with Crippen molar-refractivity contribution in [1.82, 2.24) is 19.0 Å². The minimum Gasteiger partial charge on any atom is -0.451 e. The van der Waals surface area contributed by atoms with Crippen LogP contribution in [-0.4, -0.2) is 51.2 Å².